The smallest absolute Gasteiger partial charge is 0.256 e. The molecule has 5 heteroatoms. The van der Waals surface area contributed by atoms with Crippen LogP contribution in [-0.2, 0) is 0 Å². The van der Waals surface area contributed by atoms with Crippen molar-refractivity contribution < 1.29 is 9.18 Å². The Morgan fingerprint density at radius 1 is 1.12 bits per heavy atom. The average Bonchev–Trinajstić information content (AvgIpc) is 2.55. The van der Waals surface area contributed by atoms with Crippen LogP contribution in [0.5, 0.6) is 0 Å². The lowest BCUT2D eigenvalue weighted by molar-refractivity contribution is 0.0743. The van der Waals surface area contributed by atoms with Gasteiger partial charge in [-0.15, -0.1) is 12.4 Å². The van der Waals surface area contributed by atoms with Crippen LogP contribution in [0.3, 0.4) is 0 Å². The van der Waals surface area contributed by atoms with E-state index in [1.165, 1.54) is 16.5 Å². The molecule has 0 aliphatic carbocycles. The second kappa shape index (κ2) is 8.27. The molecule has 0 aliphatic heterocycles. The van der Waals surface area contributed by atoms with Crippen molar-refractivity contribution in [3.05, 3.63) is 58.9 Å². The summed E-state index contributed by atoms with van der Waals surface area (Å²) >= 11 is 0. The van der Waals surface area contributed by atoms with Gasteiger partial charge >= 0.3 is 0 Å². The number of likely N-dealkylation sites (N-methyl/N-ethyl adjacent to an activating group) is 1. The number of aryl methyl sites for hydroxylation is 2. The first-order chi connectivity index (χ1) is 10.8. The van der Waals surface area contributed by atoms with Gasteiger partial charge in [-0.05, 0) is 55.2 Å². The number of nitrogens with two attached hydrogens (primary N) is 1. The van der Waals surface area contributed by atoms with Crippen LogP contribution in [0.15, 0.2) is 36.4 Å². The molecule has 0 fully saturated rings. The van der Waals surface area contributed by atoms with Crippen molar-refractivity contribution in [2.45, 2.75) is 26.8 Å². The highest BCUT2D eigenvalue weighted by molar-refractivity contribution is 5.95. The summed E-state index contributed by atoms with van der Waals surface area (Å²) in [4.78, 5) is 13.8. The standard InChI is InChI=1S/C19H23FN2O.ClH/c1-12-5-6-15(9-13(12)2)16-7-8-17(18(20)10-16)19(23)22(4)14(3)11-21;/h5-10,14H,11,21H2,1-4H3;1H. The van der Waals surface area contributed by atoms with Crippen LogP contribution in [0.1, 0.15) is 28.4 Å². The maximum Gasteiger partial charge on any atom is 0.256 e. The highest BCUT2D eigenvalue weighted by atomic mass is 35.5. The number of halogens is 2. The van der Waals surface area contributed by atoms with Crippen molar-refractivity contribution in [3.8, 4) is 11.1 Å². The quantitative estimate of drug-likeness (QED) is 0.907. The van der Waals surface area contributed by atoms with Crippen LogP contribution in [-0.4, -0.2) is 30.4 Å². The Labute approximate surface area is 149 Å². The molecule has 0 spiro atoms. The zero-order valence-corrected chi connectivity index (χ0v) is 15.3. The lowest BCUT2D eigenvalue weighted by Gasteiger charge is -2.24. The number of nitrogens with zero attached hydrogens (tertiary/aromatic N) is 1. The van der Waals surface area contributed by atoms with Crippen molar-refractivity contribution in [2.24, 2.45) is 5.73 Å². The van der Waals surface area contributed by atoms with E-state index < -0.39 is 5.82 Å². The Kier molecular flexibility index (Phi) is 6.93. The molecule has 0 heterocycles. The third-order valence-corrected chi connectivity index (χ3v) is 4.36. The lowest BCUT2D eigenvalue weighted by atomic mass is 9.99. The highest BCUT2D eigenvalue weighted by Crippen LogP contribution is 2.25. The van der Waals surface area contributed by atoms with Gasteiger partial charge in [0.15, 0.2) is 0 Å². The monoisotopic (exact) mass is 350 g/mol. The van der Waals surface area contributed by atoms with E-state index in [4.69, 9.17) is 5.73 Å². The summed E-state index contributed by atoms with van der Waals surface area (Å²) in [6.45, 7) is 6.23. The molecule has 0 aliphatic rings. The molecular weight excluding hydrogens is 327 g/mol. The Hall–Kier alpha value is -1.91. The van der Waals surface area contributed by atoms with Crippen molar-refractivity contribution in [3.63, 3.8) is 0 Å². The molecule has 24 heavy (non-hydrogen) atoms. The van der Waals surface area contributed by atoms with Gasteiger partial charge in [-0.3, -0.25) is 4.79 Å². The van der Waals surface area contributed by atoms with Crippen molar-refractivity contribution in [1.82, 2.24) is 4.90 Å². The molecule has 0 saturated heterocycles. The number of rotatable bonds is 4. The number of carbonyl (C=O) groups is 1. The summed E-state index contributed by atoms with van der Waals surface area (Å²) in [7, 11) is 1.64. The van der Waals surface area contributed by atoms with Gasteiger partial charge in [-0.25, -0.2) is 4.39 Å². The normalized spacial score (nSPS) is 11.6. The van der Waals surface area contributed by atoms with Crippen LogP contribution in [0.25, 0.3) is 11.1 Å². The van der Waals surface area contributed by atoms with Gasteiger partial charge in [0.2, 0.25) is 0 Å². The van der Waals surface area contributed by atoms with Gasteiger partial charge in [-0.1, -0.05) is 24.3 Å². The van der Waals surface area contributed by atoms with E-state index in [1.807, 2.05) is 39.0 Å². The zero-order valence-electron chi connectivity index (χ0n) is 14.5. The SMILES string of the molecule is Cc1ccc(-c2ccc(C(=O)N(C)C(C)CN)c(F)c2)cc1C.Cl. The van der Waals surface area contributed by atoms with Crippen molar-refractivity contribution in [2.75, 3.05) is 13.6 Å². The molecule has 3 nitrogen and oxygen atoms in total. The molecule has 2 N–H and O–H groups in total. The van der Waals surface area contributed by atoms with E-state index >= 15 is 0 Å². The fraction of sp³-hybridized carbons (Fsp3) is 0.316. The van der Waals surface area contributed by atoms with Crippen LogP contribution >= 0.6 is 12.4 Å². The van der Waals surface area contributed by atoms with E-state index in [1.54, 1.807) is 19.2 Å². The fourth-order valence-corrected chi connectivity index (χ4v) is 2.34. The van der Waals surface area contributed by atoms with Gasteiger partial charge in [0.1, 0.15) is 5.82 Å². The molecule has 2 rings (SSSR count). The second-order valence-corrected chi connectivity index (χ2v) is 5.99. The average molecular weight is 351 g/mol. The molecule has 0 aromatic heterocycles. The van der Waals surface area contributed by atoms with Crippen LogP contribution in [0.4, 0.5) is 4.39 Å². The van der Waals surface area contributed by atoms with Crippen LogP contribution in [0.2, 0.25) is 0 Å². The minimum atomic E-state index is -0.512. The van der Waals surface area contributed by atoms with Crippen LogP contribution < -0.4 is 5.73 Å². The minimum absolute atomic E-state index is 0. The summed E-state index contributed by atoms with van der Waals surface area (Å²) in [6.07, 6.45) is 0. The zero-order chi connectivity index (χ0) is 17.1. The minimum Gasteiger partial charge on any atom is -0.338 e. The Morgan fingerprint density at radius 3 is 2.25 bits per heavy atom. The molecular formula is C19H24ClFN2O. The molecule has 0 bridgehead atoms. The lowest BCUT2D eigenvalue weighted by Crippen LogP contribution is -2.40. The number of hydrogen-bond acceptors (Lipinski definition) is 2. The largest absolute Gasteiger partial charge is 0.338 e. The third-order valence-electron chi connectivity index (χ3n) is 4.36. The summed E-state index contributed by atoms with van der Waals surface area (Å²) in [5, 5.41) is 0. The van der Waals surface area contributed by atoms with Gasteiger partial charge in [-0.2, -0.15) is 0 Å². The topological polar surface area (TPSA) is 46.3 Å². The predicted molar refractivity (Wildman–Crippen MR) is 99.2 cm³/mol. The van der Waals surface area contributed by atoms with Crippen molar-refractivity contribution >= 4 is 18.3 Å². The highest BCUT2D eigenvalue weighted by Gasteiger charge is 2.20. The number of carbonyl (C=O) groups excluding carboxylic acids is 1. The van der Waals surface area contributed by atoms with Crippen molar-refractivity contribution in [1.29, 1.82) is 0 Å². The van der Waals surface area contributed by atoms with E-state index in [0.29, 0.717) is 6.54 Å². The van der Waals surface area contributed by atoms with E-state index in [9.17, 15) is 9.18 Å². The Balaban J connectivity index is 0.00000288. The van der Waals surface area contributed by atoms with E-state index in [-0.39, 0.29) is 29.9 Å². The number of amides is 1. The molecule has 0 radical (unpaired) electrons. The van der Waals surface area contributed by atoms with Gasteiger partial charge in [0.25, 0.3) is 5.91 Å². The first-order valence-electron chi connectivity index (χ1n) is 7.69. The second-order valence-electron chi connectivity index (χ2n) is 5.99. The molecule has 0 saturated carbocycles. The third kappa shape index (κ3) is 4.13. The molecule has 2 aromatic carbocycles. The molecule has 2 aromatic rings. The molecule has 1 unspecified atom stereocenters. The van der Waals surface area contributed by atoms with E-state index in [2.05, 4.69) is 0 Å². The molecule has 1 atom stereocenters. The van der Waals surface area contributed by atoms with Crippen LogP contribution in [0, 0.1) is 19.7 Å². The summed E-state index contributed by atoms with van der Waals surface area (Å²) in [5.41, 5.74) is 9.68. The van der Waals surface area contributed by atoms with Gasteiger partial charge in [0.05, 0.1) is 5.56 Å². The molecule has 1 amide bonds. The van der Waals surface area contributed by atoms with Gasteiger partial charge < -0.3 is 10.6 Å². The fourth-order valence-electron chi connectivity index (χ4n) is 2.34. The number of hydrogen-bond donors (Lipinski definition) is 1. The van der Waals surface area contributed by atoms with Gasteiger partial charge in [0, 0.05) is 19.6 Å². The summed E-state index contributed by atoms with van der Waals surface area (Å²) < 4.78 is 14.4. The molecule has 130 valence electrons. The first kappa shape index (κ1) is 20.1. The maximum absolute atomic E-state index is 14.4. The maximum atomic E-state index is 14.4. The predicted octanol–water partition coefficient (Wildman–Crippen LogP) is 3.95. The number of benzene rings is 2. The Bertz CT molecular complexity index is 733. The van der Waals surface area contributed by atoms with E-state index in [0.717, 1.165) is 16.7 Å². The Morgan fingerprint density at radius 2 is 1.71 bits per heavy atom. The summed E-state index contributed by atoms with van der Waals surface area (Å²) in [6, 6.07) is 10.6. The summed E-state index contributed by atoms with van der Waals surface area (Å²) in [5.74, 6) is -0.867. The first-order valence-corrected chi connectivity index (χ1v) is 7.69.